The van der Waals surface area contributed by atoms with Crippen molar-refractivity contribution in [2.24, 2.45) is 23.5 Å². The van der Waals surface area contributed by atoms with Gasteiger partial charge in [0.25, 0.3) is 0 Å². The zero-order valence-electron chi connectivity index (χ0n) is 44.1. The SMILES string of the molecule is CC[C@H](NC(=O)[C@@H](CC(=O)[C@@H](NC(=O)[C@H](CC(=O)O)CC(=O)[C@@H](NC(=O)CC[C@H](CC(=O)c1ccc(CCc2cnc3c(n2)C(=O)CC(N)=C3)cc1)C(=O)O)[C@@H](O)[C@H](O)[C@H](O)CO)[C@@H](O)[C@H](O)[C@H](O)CO)[C@@H](O)[C@H](O)[C@H](O)CO)C(=O)O. The third kappa shape index (κ3) is 19.8. The molecule has 0 saturated carbocycles. The Bertz CT molecular complexity index is 2620. The molecule has 0 bridgehead atoms. The average Bonchev–Trinajstić information content (AvgIpc) is 3.59. The number of rotatable bonds is 37. The molecule has 1 aromatic heterocycles. The van der Waals surface area contributed by atoms with E-state index in [1.165, 1.54) is 25.3 Å². The summed E-state index contributed by atoms with van der Waals surface area (Å²) in [6.45, 7) is -2.53. The number of fused-ring (bicyclic) bond motifs is 1. The Morgan fingerprint density at radius 3 is 1.67 bits per heavy atom. The van der Waals surface area contributed by atoms with Gasteiger partial charge in [-0.25, -0.2) is 9.78 Å². The van der Waals surface area contributed by atoms with E-state index < -0.39 is 202 Å². The van der Waals surface area contributed by atoms with Crippen molar-refractivity contribution >= 4 is 64.8 Å². The summed E-state index contributed by atoms with van der Waals surface area (Å²) in [6, 6.07) is -0.743. The number of hydrogen-bond acceptors (Lipinski definition) is 25. The van der Waals surface area contributed by atoms with Gasteiger partial charge in [0, 0.05) is 43.1 Å². The highest BCUT2D eigenvalue weighted by atomic mass is 16.4. The van der Waals surface area contributed by atoms with Crippen LogP contribution in [-0.4, -0.2) is 238 Å². The molecular formula is C51H70N6O25. The Hall–Kier alpha value is -7.14. The van der Waals surface area contributed by atoms with Gasteiger partial charge in [-0.15, -0.1) is 0 Å². The molecule has 1 aliphatic carbocycles. The summed E-state index contributed by atoms with van der Waals surface area (Å²) in [4.78, 5) is 139. The number of aliphatic hydroxyl groups excluding tert-OH is 12. The predicted octanol–water partition coefficient (Wildman–Crippen LogP) is -7.00. The van der Waals surface area contributed by atoms with E-state index in [4.69, 9.17) is 5.73 Å². The third-order valence-corrected chi connectivity index (χ3v) is 13.5. The molecule has 0 aliphatic heterocycles. The number of carbonyl (C=O) groups excluding carboxylic acids is 7. The van der Waals surface area contributed by atoms with Crippen LogP contribution in [0.1, 0.15) is 96.1 Å². The number of amides is 3. The van der Waals surface area contributed by atoms with E-state index in [9.17, 15) is 125 Å². The molecular weight excluding hydrogens is 1100 g/mol. The lowest BCUT2D eigenvalue weighted by atomic mass is 9.85. The van der Waals surface area contributed by atoms with Crippen LogP contribution in [0.15, 0.2) is 36.2 Å². The summed E-state index contributed by atoms with van der Waals surface area (Å²) in [5.41, 5.74) is 8.00. The van der Waals surface area contributed by atoms with Crippen molar-refractivity contribution in [2.75, 3.05) is 19.8 Å². The number of carbonyl (C=O) groups is 10. The minimum atomic E-state index is -2.75. The van der Waals surface area contributed by atoms with Crippen LogP contribution in [0.25, 0.3) is 6.08 Å². The van der Waals surface area contributed by atoms with Gasteiger partial charge in [-0.3, -0.25) is 48.1 Å². The van der Waals surface area contributed by atoms with Crippen molar-refractivity contribution in [1.82, 2.24) is 25.9 Å². The van der Waals surface area contributed by atoms with Gasteiger partial charge in [0.2, 0.25) is 17.7 Å². The van der Waals surface area contributed by atoms with Crippen LogP contribution in [0.2, 0.25) is 0 Å². The first-order valence-electron chi connectivity index (χ1n) is 25.6. The number of carboxylic acid groups (broad SMARTS) is 3. The van der Waals surface area contributed by atoms with Gasteiger partial charge in [-0.1, -0.05) is 31.2 Å². The van der Waals surface area contributed by atoms with Crippen molar-refractivity contribution in [3.63, 3.8) is 0 Å². The fraction of sp³-hybridized carbons (Fsp3) is 0.569. The zero-order valence-corrected chi connectivity index (χ0v) is 44.1. The highest BCUT2D eigenvalue weighted by molar-refractivity contribution is 6.01. The van der Waals surface area contributed by atoms with Crippen LogP contribution < -0.4 is 21.7 Å². The molecule has 1 aromatic carbocycles. The fourth-order valence-electron chi connectivity index (χ4n) is 8.49. The Morgan fingerprint density at radius 2 is 1.16 bits per heavy atom. The molecule has 3 amide bonds. The summed E-state index contributed by atoms with van der Waals surface area (Å²) in [7, 11) is 0. The van der Waals surface area contributed by atoms with Crippen LogP contribution in [0.5, 0.6) is 0 Å². The molecule has 1 heterocycles. The second-order valence-electron chi connectivity index (χ2n) is 19.6. The minimum absolute atomic E-state index is 0.0111. The lowest BCUT2D eigenvalue weighted by molar-refractivity contribution is -0.150. The number of benzene rings is 1. The number of nitrogens with zero attached hydrogens (tertiary/aromatic N) is 2. The normalized spacial score (nSPS) is 17.9. The molecule has 0 spiro atoms. The van der Waals surface area contributed by atoms with Gasteiger partial charge in [0.05, 0.1) is 67.9 Å². The van der Waals surface area contributed by atoms with Crippen LogP contribution in [-0.2, 0) is 51.2 Å². The first kappa shape index (κ1) is 69.1. The molecule has 3 rings (SSSR count). The predicted molar refractivity (Wildman–Crippen MR) is 274 cm³/mol. The number of allylic oxidation sites excluding steroid dienone is 1. The van der Waals surface area contributed by atoms with E-state index in [0.29, 0.717) is 29.9 Å². The molecule has 31 nitrogen and oxygen atoms in total. The van der Waals surface area contributed by atoms with Gasteiger partial charge in [-0.2, -0.15) is 0 Å². The molecule has 0 saturated heterocycles. The highest BCUT2D eigenvalue weighted by Gasteiger charge is 2.44. The van der Waals surface area contributed by atoms with E-state index in [1.54, 1.807) is 18.2 Å². The average molecular weight is 1170 g/mol. The van der Waals surface area contributed by atoms with E-state index in [0.717, 1.165) is 5.56 Å². The van der Waals surface area contributed by atoms with Crippen LogP contribution >= 0.6 is 0 Å². The quantitative estimate of drug-likeness (QED) is 0.0280. The number of aromatic nitrogens is 2. The molecule has 1 aliphatic rings. The zero-order chi connectivity index (χ0) is 61.9. The fourth-order valence-corrected chi connectivity index (χ4v) is 8.49. The first-order chi connectivity index (χ1) is 38.5. The Kier molecular flexibility index (Phi) is 27.4. The van der Waals surface area contributed by atoms with Crippen molar-refractivity contribution in [3.05, 3.63) is 64.4 Å². The highest BCUT2D eigenvalue weighted by Crippen LogP contribution is 2.24. The second-order valence-corrected chi connectivity index (χ2v) is 19.6. The molecule has 15 atom stereocenters. The monoisotopic (exact) mass is 1170 g/mol. The summed E-state index contributed by atoms with van der Waals surface area (Å²) in [5.74, 6) is -19.8. The number of aryl methyl sites for hydroxylation is 2. The summed E-state index contributed by atoms with van der Waals surface area (Å²) in [5, 5.41) is 158. The molecule has 31 heteroatoms. The number of carboxylic acids is 3. The molecule has 454 valence electrons. The number of Topliss-reactive ketones (excluding diaryl/α,β-unsaturated/α-hetero) is 4. The second kappa shape index (κ2) is 32.5. The van der Waals surface area contributed by atoms with Crippen LogP contribution in [0.4, 0.5) is 0 Å². The lowest BCUT2D eigenvalue weighted by Gasteiger charge is -2.33. The first-order valence-corrected chi connectivity index (χ1v) is 25.6. The van der Waals surface area contributed by atoms with Gasteiger partial charge >= 0.3 is 17.9 Å². The number of nitrogens with one attached hydrogen (secondary N) is 3. The lowest BCUT2D eigenvalue weighted by Crippen LogP contribution is -2.59. The standard InChI is InChI=1S/C51H70N6O25/c1-2-28(51(81)82)55-49(78)27(42(71)43(72)34(65)18-58)16-33(64)41(47(76)45(74)36(67)20-60)57-48(77)24(13-38(69)70)12-31(62)40(46(75)44(73)35(66)19-59)56-37(68)10-8-23(50(79)80)11-30(61)22-6-3-21(4-7-22)5-9-26-17-53-29-14-25(52)15-32(63)39(29)54-26/h3-4,6-7,14,17,23-24,27-28,34-36,40-47,58-60,65-67,71-76H,2,5,8-13,15-16,18-20,52H2,1H3,(H,55,78)(H,56,68)(H,57,77)(H,69,70)(H,79,80)(H,81,82)/t23-,24+,27+,28+,34-,35-,36-,40-,41-,42-,43-,44-,45-,46-,47-/m1/s1. The minimum Gasteiger partial charge on any atom is -0.481 e. The summed E-state index contributed by atoms with van der Waals surface area (Å²) < 4.78 is 0. The third-order valence-electron chi connectivity index (χ3n) is 13.5. The number of hydrogen-bond donors (Lipinski definition) is 19. The number of aliphatic hydroxyl groups is 12. The summed E-state index contributed by atoms with van der Waals surface area (Å²) >= 11 is 0. The van der Waals surface area contributed by atoms with E-state index in [2.05, 4.69) is 9.97 Å². The van der Waals surface area contributed by atoms with Gasteiger partial charge in [0.15, 0.2) is 23.1 Å². The van der Waals surface area contributed by atoms with E-state index in [-0.39, 0.29) is 29.9 Å². The van der Waals surface area contributed by atoms with Crippen molar-refractivity contribution in [2.45, 2.75) is 144 Å². The van der Waals surface area contributed by atoms with Crippen molar-refractivity contribution < 1.29 is 125 Å². The smallest absolute Gasteiger partial charge is 0.326 e. The van der Waals surface area contributed by atoms with Gasteiger partial charge < -0.3 is 98.3 Å². The molecule has 20 N–H and O–H groups in total. The van der Waals surface area contributed by atoms with Crippen LogP contribution in [0, 0.1) is 17.8 Å². The Balaban J connectivity index is 1.87. The van der Waals surface area contributed by atoms with Crippen molar-refractivity contribution in [3.8, 4) is 0 Å². The molecule has 82 heavy (non-hydrogen) atoms. The summed E-state index contributed by atoms with van der Waals surface area (Å²) in [6.07, 6.45) is -25.1. The van der Waals surface area contributed by atoms with Gasteiger partial charge in [0.1, 0.15) is 72.7 Å². The van der Waals surface area contributed by atoms with Crippen LogP contribution in [0.3, 0.4) is 0 Å². The molecule has 0 radical (unpaired) electrons. The van der Waals surface area contributed by atoms with E-state index in [1.807, 2.05) is 16.0 Å². The van der Waals surface area contributed by atoms with E-state index >= 15 is 0 Å². The maximum Gasteiger partial charge on any atom is 0.326 e. The maximum atomic E-state index is 14.0. The Morgan fingerprint density at radius 1 is 0.622 bits per heavy atom. The van der Waals surface area contributed by atoms with Crippen molar-refractivity contribution in [1.29, 1.82) is 0 Å². The maximum absolute atomic E-state index is 14.0. The number of nitrogens with two attached hydrogens (primary N) is 1. The molecule has 0 fully saturated rings. The number of aliphatic carboxylic acids is 3. The number of ketones is 4. The molecule has 2 aromatic rings. The topological polar surface area (TPSA) is 562 Å². The molecule has 0 unspecified atom stereocenters. The Labute approximate surface area is 466 Å². The largest absolute Gasteiger partial charge is 0.481 e. The van der Waals surface area contributed by atoms with Gasteiger partial charge in [-0.05, 0) is 37.3 Å².